The topological polar surface area (TPSA) is 80.6 Å². The Kier molecular flexibility index (Phi) is 7.02. The summed E-state index contributed by atoms with van der Waals surface area (Å²) in [6.45, 7) is 1.36. The summed E-state index contributed by atoms with van der Waals surface area (Å²) in [7, 11) is 0. The van der Waals surface area contributed by atoms with Crippen LogP contribution in [-0.4, -0.2) is 40.9 Å². The second kappa shape index (κ2) is 10.2. The second-order valence-corrected chi connectivity index (χ2v) is 10.7. The molecule has 2 aromatic carbocycles. The van der Waals surface area contributed by atoms with Gasteiger partial charge in [0, 0.05) is 45.3 Å². The molecule has 2 fully saturated rings. The summed E-state index contributed by atoms with van der Waals surface area (Å²) in [5.74, 6) is -0.527. The first-order valence-electron chi connectivity index (χ1n) is 11.1. The molecule has 0 radical (unpaired) electrons. The molecule has 0 spiro atoms. The van der Waals surface area contributed by atoms with Gasteiger partial charge in [0.15, 0.2) is 0 Å². The van der Waals surface area contributed by atoms with Crippen LogP contribution in [0.15, 0.2) is 58.0 Å². The Morgan fingerprint density at radius 3 is 2.89 bits per heavy atom. The van der Waals surface area contributed by atoms with Crippen molar-refractivity contribution >= 4 is 79.0 Å². The van der Waals surface area contributed by atoms with Gasteiger partial charge in [-0.2, -0.15) is 0 Å². The highest BCUT2D eigenvalue weighted by Gasteiger charge is 2.36. The molecular formula is C25H21BrClN3O4S. The minimum atomic E-state index is -0.410. The second-order valence-electron chi connectivity index (χ2n) is 8.31. The van der Waals surface area contributed by atoms with E-state index in [9.17, 15) is 14.4 Å². The number of carbonyl (C=O) groups is 3. The number of hydrogen-bond acceptors (Lipinski definition) is 5. The fraction of sp³-hybridized carbons (Fsp3) is 0.240. The molecule has 1 aromatic heterocycles. The van der Waals surface area contributed by atoms with Gasteiger partial charge < -0.3 is 14.6 Å². The van der Waals surface area contributed by atoms with E-state index >= 15 is 0 Å². The molecule has 5 rings (SSSR count). The first-order valence-corrected chi connectivity index (χ1v) is 13.1. The van der Waals surface area contributed by atoms with E-state index in [2.05, 4.69) is 21.2 Å². The van der Waals surface area contributed by atoms with Crippen molar-refractivity contribution < 1.29 is 19.1 Å². The number of halogens is 2. The minimum absolute atomic E-state index is 0.0713. The quantitative estimate of drug-likeness (QED) is 0.388. The SMILES string of the molecule is O=C(Cn1cc(/C=C2\SC(=O)N(c3cccc(Cl)c3)C2=O)c2cc(Br)ccc21)NC[C@@H]1CCCO1. The fourth-order valence-corrected chi connectivity index (χ4v) is 5.61. The molecule has 7 nitrogen and oxygen atoms in total. The van der Waals surface area contributed by atoms with Crippen LogP contribution in [0.1, 0.15) is 18.4 Å². The van der Waals surface area contributed by atoms with E-state index in [0.29, 0.717) is 22.2 Å². The van der Waals surface area contributed by atoms with E-state index in [1.807, 2.05) is 29.0 Å². The van der Waals surface area contributed by atoms with Crippen molar-refractivity contribution in [1.29, 1.82) is 0 Å². The number of nitrogens with one attached hydrogen (secondary N) is 1. The number of nitrogens with zero attached hydrogens (tertiary/aromatic N) is 2. The molecule has 0 bridgehead atoms. The third-order valence-corrected chi connectivity index (χ3v) is 7.48. The predicted molar refractivity (Wildman–Crippen MR) is 142 cm³/mol. The number of amides is 3. The Morgan fingerprint density at radius 2 is 2.11 bits per heavy atom. The zero-order valence-corrected chi connectivity index (χ0v) is 21.7. The maximum Gasteiger partial charge on any atom is 0.298 e. The molecule has 3 amide bonds. The highest BCUT2D eigenvalue weighted by Crippen LogP contribution is 2.37. The molecule has 1 atom stereocenters. The largest absolute Gasteiger partial charge is 0.376 e. The molecule has 35 heavy (non-hydrogen) atoms. The summed E-state index contributed by atoms with van der Waals surface area (Å²) in [4.78, 5) is 39.8. The molecule has 3 heterocycles. The van der Waals surface area contributed by atoms with Gasteiger partial charge in [0.05, 0.1) is 16.7 Å². The van der Waals surface area contributed by atoms with E-state index in [-0.39, 0.29) is 23.8 Å². The molecule has 10 heteroatoms. The van der Waals surface area contributed by atoms with Crippen molar-refractivity contribution in [2.75, 3.05) is 18.1 Å². The number of benzene rings is 2. The van der Waals surface area contributed by atoms with Gasteiger partial charge in [-0.05, 0) is 67.1 Å². The number of anilines is 1. The number of ether oxygens (including phenoxy) is 1. The summed E-state index contributed by atoms with van der Waals surface area (Å²) in [5, 5.41) is 3.86. The van der Waals surface area contributed by atoms with Gasteiger partial charge in [0.25, 0.3) is 11.1 Å². The van der Waals surface area contributed by atoms with E-state index in [0.717, 1.165) is 57.0 Å². The molecule has 1 N–H and O–H groups in total. The summed E-state index contributed by atoms with van der Waals surface area (Å²) in [6, 6.07) is 12.4. The highest BCUT2D eigenvalue weighted by molar-refractivity contribution is 9.10. The lowest BCUT2D eigenvalue weighted by Gasteiger charge is -2.12. The highest BCUT2D eigenvalue weighted by atomic mass is 79.9. The van der Waals surface area contributed by atoms with Crippen LogP contribution < -0.4 is 10.2 Å². The molecule has 0 saturated carbocycles. The lowest BCUT2D eigenvalue weighted by Crippen LogP contribution is -2.34. The first-order chi connectivity index (χ1) is 16.9. The van der Waals surface area contributed by atoms with Crippen molar-refractivity contribution in [2.45, 2.75) is 25.5 Å². The van der Waals surface area contributed by atoms with Crippen molar-refractivity contribution in [2.24, 2.45) is 0 Å². The first kappa shape index (κ1) is 24.1. The zero-order valence-electron chi connectivity index (χ0n) is 18.5. The van der Waals surface area contributed by atoms with Gasteiger partial charge in [0.2, 0.25) is 5.91 Å². The fourth-order valence-electron chi connectivity index (χ4n) is 4.23. The monoisotopic (exact) mass is 573 g/mol. The number of rotatable bonds is 6. The number of imide groups is 1. The molecule has 2 saturated heterocycles. The van der Waals surface area contributed by atoms with E-state index in [1.165, 1.54) is 0 Å². The van der Waals surface area contributed by atoms with Crippen molar-refractivity contribution in [3.05, 3.63) is 68.6 Å². The summed E-state index contributed by atoms with van der Waals surface area (Å²) < 4.78 is 8.29. The summed E-state index contributed by atoms with van der Waals surface area (Å²) in [5.41, 5.74) is 2.02. The van der Waals surface area contributed by atoms with Crippen molar-refractivity contribution in [3.8, 4) is 0 Å². The number of aromatic nitrogens is 1. The van der Waals surface area contributed by atoms with Crippen LogP contribution in [0.2, 0.25) is 5.02 Å². The Labute approximate surface area is 219 Å². The average molecular weight is 575 g/mol. The third-order valence-electron chi connectivity index (χ3n) is 5.89. The summed E-state index contributed by atoms with van der Waals surface area (Å²) >= 11 is 10.4. The van der Waals surface area contributed by atoms with E-state index in [4.69, 9.17) is 16.3 Å². The minimum Gasteiger partial charge on any atom is -0.376 e. The van der Waals surface area contributed by atoms with Crippen LogP contribution in [0.3, 0.4) is 0 Å². The van der Waals surface area contributed by atoms with Crippen LogP contribution in [0, 0.1) is 0 Å². The zero-order chi connectivity index (χ0) is 24.5. The van der Waals surface area contributed by atoms with Gasteiger partial charge in [-0.25, -0.2) is 4.90 Å². The van der Waals surface area contributed by atoms with Crippen LogP contribution in [0.4, 0.5) is 10.5 Å². The standard InChI is InChI=1S/C25H21BrClN3O4S/c26-16-6-7-21-20(10-16)15(13-29(21)14-23(31)28-12-19-5-2-8-34-19)9-22-24(32)30(25(33)35-22)18-4-1-3-17(27)11-18/h1,3-4,6-7,9-11,13,19H,2,5,8,12,14H2,(H,28,31)/b22-9-/t19-/m0/s1. The van der Waals surface area contributed by atoms with E-state index < -0.39 is 5.91 Å². The van der Waals surface area contributed by atoms with Crippen molar-refractivity contribution in [1.82, 2.24) is 9.88 Å². The molecule has 180 valence electrons. The Bertz CT molecular complexity index is 1370. The van der Waals surface area contributed by atoms with Crippen molar-refractivity contribution in [3.63, 3.8) is 0 Å². The third kappa shape index (κ3) is 5.18. The Balaban J connectivity index is 1.42. The van der Waals surface area contributed by atoms with Crippen LogP contribution in [-0.2, 0) is 20.9 Å². The Hall–Kier alpha value is -2.59. The van der Waals surface area contributed by atoms with E-state index in [1.54, 1.807) is 30.3 Å². The normalized spacial score (nSPS) is 19.3. The molecule has 0 aliphatic carbocycles. The van der Waals surface area contributed by atoms with Gasteiger partial charge in [0.1, 0.15) is 6.54 Å². The number of hydrogen-bond donors (Lipinski definition) is 1. The number of carbonyl (C=O) groups excluding carboxylic acids is 3. The van der Waals surface area contributed by atoms with Gasteiger partial charge >= 0.3 is 0 Å². The van der Waals surface area contributed by atoms with Gasteiger partial charge in [-0.15, -0.1) is 0 Å². The summed E-state index contributed by atoms with van der Waals surface area (Å²) in [6.07, 6.45) is 5.57. The molecule has 2 aliphatic heterocycles. The van der Waals surface area contributed by atoms with Gasteiger partial charge in [-0.3, -0.25) is 14.4 Å². The lowest BCUT2D eigenvalue weighted by molar-refractivity contribution is -0.122. The molecule has 3 aromatic rings. The molecular weight excluding hydrogens is 554 g/mol. The maximum atomic E-state index is 13.1. The predicted octanol–water partition coefficient (Wildman–Crippen LogP) is 5.59. The average Bonchev–Trinajstić information content (AvgIpc) is 3.52. The van der Waals surface area contributed by atoms with Crippen LogP contribution >= 0.6 is 39.3 Å². The van der Waals surface area contributed by atoms with Crippen LogP contribution in [0.25, 0.3) is 17.0 Å². The smallest absolute Gasteiger partial charge is 0.298 e. The number of fused-ring (bicyclic) bond motifs is 1. The lowest BCUT2D eigenvalue weighted by atomic mass is 10.1. The maximum absolute atomic E-state index is 13.1. The Morgan fingerprint density at radius 1 is 1.26 bits per heavy atom. The van der Waals surface area contributed by atoms with Crippen LogP contribution in [0.5, 0.6) is 0 Å². The van der Waals surface area contributed by atoms with Gasteiger partial charge in [-0.1, -0.05) is 33.6 Å². The number of thioether (sulfide) groups is 1. The molecule has 2 aliphatic rings. The molecule has 0 unspecified atom stereocenters.